The molecule has 0 aliphatic carbocycles. The zero-order chi connectivity index (χ0) is 23.8. The van der Waals surface area contributed by atoms with Crippen LogP contribution in [0.25, 0.3) is 5.52 Å². The van der Waals surface area contributed by atoms with Gasteiger partial charge in [-0.05, 0) is 39.3 Å². The topological polar surface area (TPSA) is 154 Å². The number of anilines is 1. The first kappa shape index (κ1) is 22.8. The zero-order valence-electron chi connectivity index (χ0n) is 18.6. The Morgan fingerprint density at radius 1 is 1.27 bits per heavy atom. The highest BCUT2D eigenvalue weighted by Gasteiger charge is 2.59. The molecular weight excluding hydrogens is 436 g/mol. The summed E-state index contributed by atoms with van der Waals surface area (Å²) in [6.07, 6.45) is -2.56. The van der Waals surface area contributed by atoms with E-state index in [1.807, 2.05) is 0 Å². The molecule has 2 aliphatic rings. The average molecular weight is 462 g/mol. The Morgan fingerprint density at radius 2 is 2.00 bits per heavy atom. The van der Waals surface area contributed by atoms with Crippen LogP contribution >= 0.6 is 0 Å². The van der Waals surface area contributed by atoms with E-state index in [2.05, 4.69) is 10.1 Å². The minimum absolute atomic E-state index is 0.0514. The highest BCUT2D eigenvalue weighted by atomic mass is 16.7. The molecule has 2 fully saturated rings. The Balaban J connectivity index is 1.72. The van der Waals surface area contributed by atoms with E-state index in [0.717, 1.165) is 0 Å². The summed E-state index contributed by atoms with van der Waals surface area (Å²) in [5.41, 5.74) is 5.67. The van der Waals surface area contributed by atoms with Gasteiger partial charge in [-0.25, -0.2) is 14.3 Å². The predicted octanol–water partition coefficient (Wildman–Crippen LogP) is 1.49. The van der Waals surface area contributed by atoms with Crippen molar-refractivity contribution in [1.29, 1.82) is 0 Å². The van der Waals surface area contributed by atoms with E-state index in [4.69, 9.17) is 29.4 Å². The van der Waals surface area contributed by atoms with Crippen LogP contribution in [-0.4, -0.2) is 63.7 Å². The molecule has 2 aromatic heterocycles. The van der Waals surface area contributed by atoms with Crippen LogP contribution in [0.3, 0.4) is 0 Å². The quantitative estimate of drug-likeness (QED) is 0.519. The number of aromatic nitrogens is 3. The van der Waals surface area contributed by atoms with Crippen LogP contribution in [0.1, 0.15) is 45.7 Å². The van der Waals surface area contributed by atoms with E-state index in [-0.39, 0.29) is 31.4 Å². The fraction of sp³-hybridized carbons (Fsp3) is 0.571. The Labute approximate surface area is 189 Å². The number of nitrogens with two attached hydrogens (primary N) is 1. The van der Waals surface area contributed by atoms with Gasteiger partial charge in [-0.15, -0.1) is 0 Å². The molecule has 12 nitrogen and oxygen atoms in total. The van der Waals surface area contributed by atoms with Crippen LogP contribution in [-0.2, 0) is 38.9 Å². The maximum atomic E-state index is 12.5. The summed E-state index contributed by atoms with van der Waals surface area (Å²) >= 11 is 0. The summed E-state index contributed by atoms with van der Waals surface area (Å²) in [6.45, 7) is 4.78. The first-order valence-electron chi connectivity index (χ1n) is 10.7. The third-order valence-corrected chi connectivity index (χ3v) is 5.58. The standard InChI is InChI=1S/C21H26N4O8/c1-11(2)30-20(28)29-9-13-17-18(32-16(27)6-4-5-15(26)31-17)21(3,33-13)14-8-7-12-19(22)23-10-24-25(12)14/h7-8,10-11,13,17-18H,4-6,9H2,1-3H3,(H2,22,23,24)/t13-,17-,18-,21+/m1/s1. The number of ether oxygens (including phenoxy) is 5. The lowest BCUT2D eigenvalue weighted by molar-refractivity contribution is -0.168. The molecule has 0 unspecified atom stereocenters. The van der Waals surface area contributed by atoms with E-state index in [0.29, 0.717) is 17.6 Å². The summed E-state index contributed by atoms with van der Waals surface area (Å²) in [5, 5.41) is 4.25. The molecule has 0 spiro atoms. The first-order valence-corrected chi connectivity index (χ1v) is 10.7. The predicted molar refractivity (Wildman–Crippen MR) is 111 cm³/mol. The van der Waals surface area contributed by atoms with Crippen molar-refractivity contribution in [1.82, 2.24) is 14.6 Å². The molecule has 2 aliphatic heterocycles. The van der Waals surface area contributed by atoms with Crippen molar-refractivity contribution in [3.05, 3.63) is 24.2 Å². The largest absolute Gasteiger partial charge is 0.508 e. The molecular formula is C21H26N4O8. The molecule has 0 radical (unpaired) electrons. The van der Waals surface area contributed by atoms with Crippen molar-refractivity contribution in [3.63, 3.8) is 0 Å². The smallest absolute Gasteiger partial charge is 0.455 e. The van der Waals surface area contributed by atoms with Gasteiger partial charge in [-0.1, -0.05) is 0 Å². The molecule has 2 saturated heterocycles. The molecule has 4 rings (SSSR count). The lowest BCUT2D eigenvalue weighted by Crippen LogP contribution is -2.45. The minimum Gasteiger partial charge on any atom is -0.455 e. The number of nitrogen functional groups attached to an aromatic ring is 1. The second-order valence-electron chi connectivity index (χ2n) is 8.37. The van der Waals surface area contributed by atoms with Crippen LogP contribution in [0.2, 0.25) is 0 Å². The van der Waals surface area contributed by atoms with E-state index >= 15 is 0 Å². The highest BCUT2D eigenvalue weighted by Crippen LogP contribution is 2.44. The van der Waals surface area contributed by atoms with E-state index in [1.165, 1.54) is 10.8 Å². The van der Waals surface area contributed by atoms with E-state index in [9.17, 15) is 14.4 Å². The number of fused-ring (bicyclic) bond motifs is 2. The van der Waals surface area contributed by atoms with Crippen LogP contribution in [0.15, 0.2) is 18.5 Å². The molecule has 4 heterocycles. The maximum Gasteiger partial charge on any atom is 0.508 e. The SMILES string of the molecule is CC(C)OC(=O)OC[C@H]1O[C@@](C)(c2ccc3c(N)ncnn23)[C@@H]2OC(=O)CCCC(=O)O[C@@H]21. The number of rotatable bonds is 4. The monoisotopic (exact) mass is 462 g/mol. The van der Waals surface area contributed by atoms with Crippen LogP contribution < -0.4 is 5.73 Å². The summed E-state index contributed by atoms with van der Waals surface area (Å²) in [4.78, 5) is 40.8. The highest BCUT2D eigenvalue weighted by molar-refractivity contribution is 5.74. The Bertz CT molecular complexity index is 1070. The summed E-state index contributed by atoms with van der Waals surface area (Å²) in [6, 6.07) is 3.43. The number of carbonyl (C=O) groups is 3. The number of nitrogens with zero attached hydrogens (tertiary/aromatic N) is 3. The van der Waals surface area contributed by atoms with Crippen LogP contribution in [0.5, 0.6) is 0 Å². The fourth-order valence-corrected chi connectivity index (χ4v) is 4.10. The van der Waals surface area contributed by atoms with E-state index < -0.39 is 42.0 Å². The first-order chi connectivity index (χ1) is 15.7. The molecule has 0 saturated carbocycles. The Kier molecular flexibility index (Phi) is 6.11. The summed E-state index contributed by atoms with van der Waals surface area (Å²) in [7, 11) is 0. The maximum absolute atomic E-state index is 12.5. The second kappa shape index (κ2) is 8.85. The second-order valence-corrected chi connectivity index (χ2v) is 8.37. The molecule has 12 heteroatoms. The van der Waals surface area contributed by atoms with Crippen molar-refractivity contribution in [2.24, 2.45) is 0 Å². The normalized spacial score (nSPS) is 27.8. The van der Waals surface area contributed by atoms with Gasteiger partial charge in [0, 0.05) is 12.8 Å². The van der Waals surface area contributed by atoms with Crippen LogP contribution in [0.4, 0.5) is 10.6 Å². The van der Waals surface area contributed by atoms with Gasteiger partial charge in [-0.3, -0.25) is 9.59 Å². The van der Waals surface area contributed by atoms with Crippen LogP contribution in [0, 0.1) is 0 Å². The van der Waals surface area contributed by atoms with Gasteiger partial charge in [-0.2, -0.15) is 5.10 Å². The lowest BCUT2D eigenvalue weighted by Gasteiger charge is -2.30. The number of hydrogen-bond acceptors (Lipinski definition) is 11. The van der Waals surface area contributed by atoms with Crippen molar-refractivity contribution in [2.45, 2.75) is 70.1 Å². The van der Waals surface area contributed by atoms with Gasteiger partial charge in [0.15, 0.2) is 18.0 Å². The molecule has 2 aromatic rings. The van der Waals surface area contributed by atoms with Gasteiger partial charge in [0.05, 0.1) is 11.8 Å². The third kappa shape index (κ3) is 4.42. The van der Waals surface area contributed by atoms with Gasteiger partial charge in [0.25, 0.3) is 0 Å². The average Bonchev–Trinajstić information content (AvgIpc) is 3.29. The molecule has 4 atom stereocenters. The lowest BCUT2D eigenvalue weighted by atomic mass is 9.92. The van der Waals surface area contributed by atoms with E-state index in [1.54, 1.807) is 32.9 Å². The zero-order valence-corrected chi connectivity index (χ0v) is 18.6. The van der Waals surface area contributed by atoms with Crippen molar-refractivity contribution in [2.75, 3.05) is 12.3 Å². The Hall–Kier alpha value is -3.41. The molecule has 33 heavy (non-hydrogen) atoms. The summed E-state index contributed by atoms with van der Waals surface area (Å²) < 4.78 is 29.4. The molecule has 178 valence electrons. The van der Waals surface area contributed by atoms with Gasteiger partial charge >= 0.3 is 18.1 Å². The number of carbonyl (C=O) groups excluding carboxylic acids is 3. The fourth-order valence-electron chi connectivity index (χ4n) is 4.10. The van der Waals surface area contributed by atoms with Gasteiger partial charge in [0.2, 0.25) is 0 Å². The molecule has 0 bridgehead atoms. The van der Waals surface area contributed by atoms with Gasteiger partial charge in [0.1, 0.15) is 30.2 Å². The molecule has 0 amide bonds. The molecule has 0 aromatic carbocycles. The van der Waals surface area contributed by atoms with Crippen molar-refractivity contribution >= 4 is 29.4 Å². The van der Waals surface area contributed by atoms with Crippen molar-refractivity contribution in [3.8, 4) is 0 Å². The third-order valence-electron chi connectivity index (χ3n) is 5.58. The van der Waals surface area contributed by atoms with Gasteiger partial charge < -0.3 is 29.4 Å². The summed E-state index contributed by atoms with van der Waals surface area (Å²) in [5.74, 6) is -0.741. The number of hydrogen-bond donors (Lipinski definition) is 1. The number of esters is 2. The Morgan fingerprint density at radius 3 is 2.73 bits per heavy atom. The van der Waals surface area contributed by atoms with Crippen molar-refractivity contribution < 1.29 is 38.1 Å². The molecule has 2 N–H and O–H groups in total. The minimum atomic E-state index is -1.31.